The van der Waals surface area contributed by atoms with Gasteiger partial charge in [0, 0.05) is 26.2 Å². The Morgan fingerprint density at radius 2 is 1.78 bits per heavy atom. The number of hydrogen-bond donors (Lipinski definition) is 3. The van der Waals surface area contributed by atoms with Crippen molar-refractivity contribution in [3.8, 4) is 0 Å². The lowest BCUT2D eigenvalue weighted by atomic mass is 9.92. The first kappa shape index (κ1) is 23.0. The molecule has 0 aliphatic carbocycles. The number of aliphatic imine (C=N–C) groups is 1. The van der Waals surface area contributed by atoms with Crippen molar-refractivity contribution in [1.82, 2.24) is 16.0 Å². The fraction of sp³-hybridized carbons (Fsp3) is 0.619. The summed E-state index contributed by atoms with van der Waals surface area (Å²) in [6, 6.07) is 10.2. The van der Waals surface area contributed by atoms with E-state index in [1.165, 1.54) is 5.56 Å². The molecule has 1 amide bonds. The highest BCUT2D eigenvalue weighted by Gasteiger charge is 2.26. The Hall–Kier alpha value is -2.08. The van der Waals surface area contributed by atoms with Gasteiger partial charge in [-0.05, 0) is 46.6 Å². The van der Waals surface area contributed by atoms with Crippen LogP contribution in [0.25, 0.3) is 0 Å². The standard InChI is InChI=1S/C21H36N4O2/c1-6-22-19(26)21(4,5)16-25-20(23-7-2)24-14-11-15-27-17(3)18-12-9-8-10-13-18/h8-10,12-13,17H,6-7,11,14-16H2,1-5H3,(H,22,26)(H2,23,24,25). The highest BCUT2D eigenvalue weighted by molar-refractivity contribution is 5.83. The molecule has 27 heavy (non-hydrogen) atoms. The van der Waals surface area contributed by atoms with Crippen LogP contribution in [0.1, 0.15) is 52.7 Å². The molecule has 0 fully saturated rings. The zero-order valence-electron chi connectivity index (χ0n) is 17.5. The molecule has 0 aliphatic heterocycles. The second-order valence-electron chi connectivity index (χ2n) is 7.14. The van der Waals surface area contributed by atoms with Crippen LogP contribution in [0.3, 0.4) is 0 Å². The molecule has 1 rings (SSSR count). The molecule has 3 N–H and O–H groups in total. The topological polar surface area (TPSA) is 74.8 Å². The van der Waals surface area contributed by atoms with E-state index in [4.69, 9.17) is 4.74 Å². The summed E-state index contributed by atoms with van der Waals surface area (Å²) in [6.07, 6.45) is 0.965. The van der Waals surface area contributed by atoms with Crippen LogP contribution in [0, 0.1) is 5.41 Å². The van der Waals surface area contributed by atoms with Crippen molar-refractivity contribution in [3.05, 3.63) is 35.9 Å². The van der Waals surface area contributed by atoms with Crippen molar-refractivity contribution in [3.63, 3.8) is 0 Å². The summed E-state index contributed by atoms with van der Waals surface area (Å²) in [4.78, 5) is 16.6. The highest BCUT2D eigenvalue weighted by atomic mass is 16.5. The third-order valence-electron chi connectivity index (χ3n) is 4.18. The molecule has 6 heteroatoms. The van der Waals surface area contributed by atoms with Gasteiger partial charge >= 0.3 is 0 Å². The third kappa shape index (κ3) is 8.91. The van der Waals surface area contributed by atoms with Gasteiger partial charge in [0.1, 0.15) is 0 Å². The van der Waals surface area contributed by atoms with Crippen LogP contribution in [0.5, 0.6) is 0 Å². The lowest BCUT2D eigenvalue weighted by Gasteiger charge is -2.22. The number of ether oxygens (including phenoxy) is 1. The number of guanidine groups is 1. The fourth-order valence-electron chi connectivity index (χ4n) is 2.45. The van der Waals surface area contributed by atoms with Gasteiger partial charge in [0.05, 0.1) is 18.1 Å². The average molecular weight is 377 g/mol. The van der Waals surface area contributed by atoms with Gasteiger partial charge in [-0.25, -0.2) is 0 Å². The summed E-state index contributed by atoms with van der Waals surface area (Å²) in [5.41, 5.74) is 0.653. The maximum absolute atomic E-state index is 12.1. The first-order chi connectivity index (χ1) is 12.9. The summed E-state index contributed by atoms with van der Waals surface area (Å²) < 4.78 is 5.89. The molecule has 1 atom stereocenters. The van der Waals surface area contributed by atoms with Crippen molar-refractivity contribution in [2.45, 2.75) is 47.1 Å². The van der Waals surface area contributed by atoms with E-state index in [2.05, 4.69) is 40.0 Å². The van der Waals surface area contributed by atoms with Crippen LogP contribution in [-0.2, 0) is 9.53 Å². The minimum atomic E-state index is -0.535. The molecule has 0 radical (unpaired) electrons. The Balaban J connectivity index is 2.38. The molecule has 0 heterocycles. The lowest BCUT2D eigenvalue weighted by Crippen LogP contribution is -2.42. The normalized spacial score (nSPS) is 13.1. The first-order valence-corrected chi connectivity index (χ1v) is 9.87. The molecular weight excluding hydrogens is 340 g/mol. The van der Waals surface area contributed by atoms with E-state index in [0.29, 0.717) is 19.7 Å². The Labute approximate surface area is 164 Å². The molecule has 6 nitrogen and oxygen atoms in total. The average Bonchev–Trinajstić information content (AvgIpc) is 2.66. The van der Waals surface area contributed by atoms with Crippen LogP contribution in [-0.4, -0.2) is 44.7 Å². The second kappa shape index (κ2) is 12.3. The molecular formula is C21H36N4O2. The smallest absolute Gasteiger partial charge is 0.227 e. The lowest BCUT2D eigenvalue weighted by molar-refractivity contribution is -0.128. The van der Waals surface area contributed by atoms with E-state index >= 15 is 0 Å². The van der Waals surface area contributed by atoms with Crippen molar-refractivity contribution >= 4 is 11.9 Å². The largest absolute Gasteiger partial charge is 0.374 e. The first-order valence-electron chi connectivity index (χ1n) is 9.87. The van der Waals surface area contributed by atoms with E-state index in [9.17, 15) is 4.79 Å². The zero-order chi connectivity index (χ0) is 20.1. The number of hydrogen-bond acceptors (Lipinski definition) is 3. The Bertz CT molecular complexity index is 573. The van der Waals surface area contributed by atoms with Gasteiger partial charge in [-0.3, -0.25) is 9.79 Å². The van der Waals surface area contributed by atoms with Gasteiger partial charge in [-0.2, -0.15) is 0 Å². The van der Waals surface area contributed by atoms with E-state index < -0.39 is 5.41 Å². The summed E-state index contributed by atoms with van der Waals surface area (Å²) in [5.74, 6) is 0.749. The van der Waals surface area contributed by atoms with Crippen LogP contribution in [0.15, 0.2) is 35.3 Å². The van der Waals surface area contributed by atoms with Gasteiger partial charge in [-0.15, -0.1) is 0 Å². The molecule has 0 saturated heterocycles. The number of benzene rings is 1. The van der Waals surface area contributed by atoms with E-state index in [-0.39, 0.29) is 12.0 Å². The van der Waals surface area contributed by atoms with Gasteiger partial charge in [0.15, 0.2) is 5.96 Å². The van der Waals surface area contributed by atoms with Gasteiger partial charge in [0.25, 0.3) is 0 Å². The molecule has 0 aliphatic rings. The molecule has 1 aromatic rings. The van der Waals surface area contributed by atoms with Crippen LogP contribution in [0.4, 0.5) is 0 Å². The van der Waals surface area contributed by atoms with E-state index in [0.717, 1.165) is 25.5 Å². The number of amides is 1. The van der Waals surface area contributed by atoms with Gasteiger partial charge in [-0.1, -0.05) is 30.3 Å². The number of nitrogens with one attached hydrogen (secondary N) is 3. The summed E-state index contributed by atoms with van der Waals surface area (Å²) in [7, 11) is 0. The predicted octanol–water partition coefficient (Wildman–Crippen LogP) is 2.87. The Morgan fingerprint density at radius 3 is 2.41 bits per heavy atom. The number of carbonyl (C=O) groups excluding carboxylic acids is 1. The van der Waals surface area contributed by atoms with Crippen molar-refractivity contribution in [1.29, 1.82) is 0 Å². The van der Waals surface area contributed by atoms with Crippen molar-refractivity contribution in [2.24, 2.45) is 10.4 Å². The van der Waals surface area contributed by atoms with E-state index in [1.54, 1.807) is 0 Å². The van der Waals surface area contributed by atoms with Crippen LogP contribution < -0.4 is 16.0 Å². The minimum Gasteiger partial charge on any atom is -0.374 e. The Morgan fingerprint density at radius 1 is 1.11 bits per heavy atom. The second-order valence-corrected chi connectivity index (χ2v) is 7.14. The number of nitrogens with zero attached hydrogens (tertiary/aromatic N) is 1. The predicted molar refractivity (Wildman–Crippen MR) is 112 cm³/mol. The molecule has 1 unspecified atom stereocenters. The van der Waals surface area contributed by atoms with Crippen LogP contribution >= 0.6 is 0 Å². The van der Waals surface area contributed by atoms with Crippen molar-refractivity contribution in [2.75, 3.05) is 32.8 Å². The molecule has 1 aromatic carbocycles. The van der Waals surface area contributed by atoms with Gasteiger partial charge < -0.3 is 20.7 Å². The summed E-state index contributed by atoms with van der Waals surface area (Å²) >= 11 is 0. The number of rotatable bonds is 11. The summed E-state index contributed by atoms with van der Waals surface area (Å²) in [5, 5.41) is 9.38. The molecule has 152 valence electrons. The maximum atomic E-state index is 12.1. The number of carbonyl (C=O) groups is 1. The van der Waals surface area contributed by atoms with Crippen molar-refractivity contribution < 1.29 is 9.53 Å². The maximum Gasteiger partial charge on any atom is 0.227 e. The van der Waals surface area contributed by atoms with E-state index in [1.807, 2.05) is 45.9 Å². The molecule has 0 bridgehead atoms. The van der Waals surface area contributed by atoms with Crippen LogP contribution in [0.2, 0.25) is 0 Å². The Kier molecular flexibility index (Phi) is 10.5. The monoisotopic (exact) mass is 376 g/mol. The molecule has 0 aromatic heterocycles. The summed E-state index contributed by atoms with van der Waals surface area (Å²) in [6.45, 7) is 13.1. The molecule has 0 saturated carbocycles. The third-order valence-corrected chi connectivity index (χ3v) is 4.18. The van der Waals surface area contributed by atoms with Gasteiger partial charge in [0.2, 0.25) is 5.91 Å². The quantitative estimate of drug-likeness (QED) is 0.315. The minimum absolute atomic E-state index is 0.0212. The SMILES string of the molecule is CCNC(=O)C(C)(C)CN=C(NCC)NCCCOC(C)c1ccccc1. The zero-order valence-corrected chi connectivity index (χ0v) is 17.5. The molecule has 0 spiro atoms. The fourth-order valence-corrected chi connectivity index (χ4v) is 2.45. The highest BCUT2D eigenvalue weighted by Crippen LogP contribution is 2.16.